The third-order valence-corrected chi connectivity index (χ3v) is 3.91. The van der Waals surface area contributed by atoms with Gasteiger partial charge in [0.2, 0.25) is 15.9 Å². The van der Waals surface area contributed by atoms with E-state index >= 15 is 0 Å². The summed E-state index contributed by atoms with van der Waals surface area (Å²) in [5, 5.41) is 0. The first-order valence-corrected chi connectivity index (χ1v) is 7.56. The van der Waals surface area contributed by atoms with Crippen LogP contribution in [0, 0.1) is 11.6 Å². The minimum Gasteiger partial charge on any atom is -0.347 e. The van der Waals surface area contributed by atoms with Gasteiger partial charge in [0.05, 0.1) is 11.9 Å². The van der Waals surface area contributed by atoms with Crippen LogP contribution < -0.4 is 4.31 Å². The molecule has 0 aliphatic heterocycles. The predicted octanol–water partition coefficient (Wildman–Crippen LogP) is 1.21. The van der Waals surface area contributed by atoms with Gasteiger partial charge in [-0.2, -0.15) is 0 Å². The van der Waals surface area contributed by atoms with Crippen LogP contribution in [0.5, 0.6) is 0 Å². The topological polar surface area (TPSA) is 57.7 Å². The Morgan fingerprint density at radius 1 is 1.20 bits per heavy atom. The van der Waals surface area contributed by atoms with Crippen molar-refractivity contribution in [2.24, 2.45) is 0 Å². The van der Waals surface area contributed by atoms with Gasteiger partial charge in [-0.1, -0.05) is 0 Å². The summed E-state index contributed by atoms with van der Waals surface area (Å²) < 4.78 is 50.6. The van der Waals surface area contributed by atoms with Gasteiger partial charge < -0.3 is 4.90 Å². The number of carbonyl (C=O) groups is 1. The van der Waals surface area contributed by atoms with Crippen LogP contribution in [0.2, 0.25) is 0 Å². The Balaban J connectivity index is 3.34. The van der Waals surface area contributed by atoms with Crippen LogP contribution >= 0.6 is 0 Å². The molecular weight excluding hydrogens is 290 g/mol. The van der Waals surface area contributed by atoms with E-state index in [1.165, 1.54) is 25.9 Å². The number of halogens is 2. The first-order chi connectivity index (χ1) is 9.05. The van der Waals surface area contributed by atoms with Gasteiger partial charge in [-0.05, 0) is 19.1 Å². The van der Waals surface area contributed by atoms with E-state index < -0.39 is 33.6 Å². The van der Waals surface area contributed by atoms with Crippen molar-refractivity contribution >= 4 is 21.6 Å². The van der Waals surface area contributed by atoms with E-state index in [1.54, 1.807) is 0 Å². The number of amides is 1. The number of carbonyl (C=O) groups excluding carboxylic acids is 1. The Morgan fingerprint density at radius 3 is 2.15 bits per heavy atom. The fourth-order valence-corrected chi connectivity index (χ4v) is 2.96. The lowest BCUT2D eigenvalue weighted by Crippen LogP contribution is -2.47. The molecule has 0 aliphatic carbocycles. The molecule has 0 radical (unpaired) electrons. The van der Waals surface area contributed by atoms with Gasteiger partial charge in [0, 0.05) is 20.2 Å². The zero-order chi connectivity index (χ0) is 15.7. The molecule has 0 saturated carbocycles. The first kappa shape index (κ1) is 16.4. The number of hydrogen-bond donors (Lipinski definition) is 0. The third-order valence-electron chi connectivity index (χ3n) is 2.66. The highest BCUT2D eigenvalue weighted by atomic mass is 32.2. The predicted molar refractivity (Wildman–Crippen MR) is 71.8 cm³/mol. The Kier molecular flexibility index (Phi) is 4.69. The van der Waals surface area contributed by atoms with E-state index in [0.29, 0.717) is 0 Å². The number of hydrogen-bond acceptors (Lipinski definition) is 3. The third kappa shape index (κ3) is 3.44. The SMILES string of the molecule is C[C@@H](C(=O)N(C)C)N(c1ccc(F)c(F)c1)S(C)(=O)=O. The minimum absolute atomic E-state index is 0.103. The number of benzene rings is 1. The molecule has 0 bridgehead atoms. The zero-order valence-corrected chi connectivity index (χ0v) is 12.4. The molecule has 1 rings (SSSR count). The smallest absolute Gasteiger partial charge is 0.245 e. The lowest BCUT2D eigenvalue weighted by molar-refractivity contribution is -0.129. The van der Waals surface area contributed by atoms with E-state index in [0.717, 1.165) is 28.8 Å². The molecule has 112 valence electrons. The van der Waals surface area contributed by atoms with Gasteiger partial charge in [-0.15, -0.1) is 0 Å². The Labute approximate surface area is 116 Å². The first-order valence-electron chi connectivity index (χ1n) is 5.71. The number of anilines is 1. The molecule has 1 aromatic rings. The molecule has 0 N–H and O–H groups in total. The van der Waals surface area contributed by atoms with Gasteiger partial charge in [-0.3, -0.25) is 9.10 Å². The molecule has 1 amide bonds. The van der Waals surface area contributed by atoms with E-state index in [-0.39, 0.29) is 5.69 Å². The van der Waals surface area contributed by atoms with Gasteiger partial charge in [0.25, 0.3) is 0 Å². The molecule has 0 aromatic heterocycles. The summed E-state index contributed by atoms with van der Waals surface area (Å²) in [7, 11) is -0.875. The van der Waals surface area contributed by atoms with E-state index in [2.05, 4.69) is 0 Å². The average Bonchev–Trinajstić information content (AvgIpc) is 2.30. The quantitative estimate of drug-likeness (QED) is 0.840. The Hall–Kier alpha value is -1.70. The lowest BCUT2D eigenvalue weighted by Gasteiger charge is -2.29. The molecule has 8 heteroatoms. The summed E-state index contributed by atoms with van der Waals surface area (Å²) in [6.45, 7) is 1.38. The molecule has 0 spiro atoms. The van der Waals surface area contributed by atoms with Crippen LogP contribution in [0.4, 0.5) is 14.5 Å². The lowest BCUT2D eigenvalue weighted by atomic mass is 10.2. The van der Waals surface area contributed by atoms with Gasteiger partial charge in [-0.25, -0.2) is 17.2 Å². The second-order valence-corrected chi connectivity index (χ2v) is 6.43. The molecule has 0 saturated heterocycles. The summed E-state index contributed by atoms with van der Waals surface area (Å²) in [6, 6.07) is 1.61. The molecule has 0 fully saturated rings. The second-order valence-electron chi connectivity index (χ2n) is 4.57. The van der Waals surface area contributed by atoms with Crippen molar-refractivity contribution in [2.45, 2.75) is 13.0 Å². The number of rotatable bonds is 4. The van der Waals surface area contributed by atoms with Crippen molar-refractivity contribution in [1.29, 1.82) is 0 Å². The molecule has 1 atom stereocenters. The van der Waals surface area contributed by atoms with E-state index in [4.69, 9.17) is 0 Å². The van der Waals surface area contributed by atoms with Gasteiger partial charge in [0.15, 0.2) is 11.6 Å². The molecular formula is C12H16F2N2O3S. The van der Waals surface area contributed by atoms with Gasteiger partial charge in [0.1, 0.15) is 6.04 Å². The fraction of sp³-hybridized carbons (Fsp3) is 0.417. The highest BCUT2D eigenvalue weighted by molar-refractivity contribution is 7.92. The zero-order valence-electron chi connectivity index (χ0n) is 11.6. The van der Waals surface area contributed by atoms with Crippen LogP contribution in [0.1, 0.15) is 6.92 Å². The molecule has 0 heterocycles. The van der Waals surface area contributed by atoms with Crippen molar-refractivity contribution in [3.63, 3.8) is 0 Å². The molecule has 0 unspecified atom stereocenters. The molecule has 1 aromatic carbocycles. The minimum atomic E-state index is -3.83. The number of nitrogens with zero attached hydrogens (tertiary/aromatic N) is 2. The van der Waals surface area contributed by atoms with E-state index in [1.807, 2.05) is 0 Å². The molecule has 20 heavy (non-hydrogen) atoms. The highest BCUT2D eigenvalue weighted by Gasteiger charge is 2.30. The van der Waals surface area contributed by atoms with Crippen LogP contribution in [0.15, 0.2) is 18.2 Å². The summed E-state index contributed by atoms with van der Waals surface area (Å²) in [6.07, 6.45) is 0.897. The summed E-state index contributed by atoms with van der Waals surface area (Å²) in [5.41, 5.74) is -0.103. The monoisotopic (exact) mass is 306 g/mol. The van der Waals surface area contributed by atoms with Crippen molar-refractivity contribution < 1.29 is 22.0 Å². The summed E-state index contributed by atoms with van der Waals surface area (Å²) in [5.74, 6) is -2.74. The molecule has 0 aliphatic rings. The van der Waals surface area contributed by atoms with Gasteiger partial charge >= 0.3 is 0 Å². The second kappa shape index (κ2) is 5.74. The van der Waals surface area contributed by atoms with Crippen molar-refractivity contribution in [2.75, 3.05) is 24.7 Å². The molecule has 5 nitrogen and oxygen atoms in total. The largest absolute Gasteiger partial charge is 0.347 e. The maximum atomic E-state index is 13.3. The number of sulfonamides is 1. The normalized spacial score (nSPS) is 12.9. The highest BCUT2D eigenvalue weighted by Crippen LogP contribution is 2.23. The standard InChI is InChI=1S/C12H16F2N2O3S/c1-8(12(17)15(2)3)16(20(4,18)19)9-5-6-10(13)11(14)7-9/h5-8H,1-4H3/t8-/m0/s1. The fourth-order valence-electron chi connectivity index (χ4n) is 1.80. The summed E-state index contributed by atoms with van der Waals surface area (Å²) in [4.78, 5) is 13.1. The van der Waals surface area contributed by atoms with Crippen molar-refractivity contribution in [1.82, 2.24) is 4.90 Å². The summed E-state index contributed by atoms with van der Waals surface area (Å²) >= 11 is 0. The van der Waals surface area contributed by atoms with E-state index in [9.17, 15) is 22.0 Å². The van der Waals surface area contributed by atoms with Crippen LogP contribution in [0.25, 0.3) is 0 Å². The van der Waals surface area contributed by atoms with Crippen molar-refractivity contribution in [3.05, 3.63) is 29.8 Å². The number of likely N-dealkylation sites (N-methyl/N-ethyl adjacent to an activating group) is 1. The maximum absolute atomic E-state index is 13.3. The van der Waals surface area contributed by atoms with Crippen LogP contribution in [-0.2, 0) is 14.8 Å². The maximum Gasteiger partial charge on any atom is 0.245 e. The Bertz CT molecular complexity index is 617. The Morgan fingerprint density at radius 2 is 1.75 bits per heavy atom. The van der Waals surface area contributed by atoms with Crippen LogP contribution in [-0.4, -0.2) is 45.6 Å². The average molecular weight is 306 g/mol. The van der Waals surface area contributed by atoms with Crippen LogP contribution in [0.3, 0.4) is 0 Å². The van der Waals surface area contributed by atoms with Crippen molar-refractivity contribution in [3.8, 4) is 0 Å².